The van der Waals surface area contributed by atoms with E-state index >= 15 is 0 Å². The number of carbonyl (C=O) groups is 1. The van der Waals surface area contributed by atoms with Crippen LogP contribution >= 0.6 is 0 Å². The Balaban J connectivity index is 1.85. The van der Waals surface area contributed by atoms with Gasteiger partial charge in [0.25, 0.3) is 0 Å². The molecular formula is C19H19N3O3S. The summed E-state index contributed by atoms with van der Waals surface area (Å²) in [6, 6.07) is 16.0. The van der Waals surface area contributed by atoms with Crippen LogP contribution in [0.2, 0.25) is 0 Å². The van der Waals surface area contributed by atoms with E-state index in [0.717, 1.165) is 12.8 Å². The summed E-state index contributed by atoms with van der Waals surface area (Å²) in [7, 11) is -3.74. The van der Waals surface area contributed by atoms with Crippen LogP contribution < -0.4 is 5.32 Å². The maximum absolute atomic E-state index is 13.0. The lowest BCUT2D eigenvalue weighted by Crippen LogP contribution is -2.49. The first-order chi connectivity index (χ1) is 12.5. The first-order valence-corrected chi connectivity index (χ1v) is 9.84. The Bertz CT molecular complexity index is 936. The predicted octanol–water partition coefficient (Wildman–Crippen LogP) is 2.74. The number of sulfonamides is 1. The summed E-state index contributed by atoms with van der Waals surface area (Å²) in [5.41, 5.74) is 0.914. The lowest BCUT2D eigenvalue weighted by molar-refractivity contribution is -0.120. The highest BCUT2D eigenvalue weighted by atomic mass is 32.2. The van der Waals surface area contributed by atoms with E-state index in [1.165, 1.54) is 16.4 Å². The van der Waals surface area contributed by atoms with Gasteiger partial charge in [0.15, 0.2) is 0 Å². The molecule has 1 atom stereocenters. The Kier molecular flexibility index (Phi) is 5.35. The average molecular weight is 369 g/mol. The molecule has 0 radical (unpaired) electrons. The van der Waals surface area contributed by atoms with Gasteiger partial charge in [0.1, 0.15) is 6.04 Å². The van der Waals surface area contributed by atoms with Gasteiger partial charge in [-0.1, -0.05) is 30.7 Å². The highest BCUT2D eigenvalue weighted by Crippen LogP contribution is 2.26. The van der Waals surface area contributed by atoms with Gasteiger partial charge in [-0.25, -0.2) is 8.42 Å². The molecule has 7 heteroatoms. The molecule has 2 aromatic rings. The van der Waals surface area contributed by atoms with Crippen LogP contribution in [0.5, 0.6) is 0 Å². The molecule has 0 aromatic heterocycles. The standard InChI is InChI=1S/C19H19N3O3S/c20-14-15-7-6-8-16(13-15)21-19(23)18-11-4-5-12-22(18)26(24,25)17-9-2-1-3-10-17/h1-3,6-10,13,18H,4-5,11-12H2,(H,21,23)/t18-/m1/s1. The van der Waals surface area contributed by atoms with Gasteiger partial charge in [-0.15, -0.1) is 0 Å². The molecule has 1 aliphatic heterocycles. The molecule has 2 aromatic carbocycles. The Morgan fingerprint density at radius 3 is 2.62 bits per heavy atom. The Hall–Kier alpha value is -2.69. The average Bonchev–Trinajstić information content (AvgIpc) is 2.68. The summed E-state index contributed by atoms with van der Waals surface area (Å²) in [5, 5.41) is 11.7. The minimum Gasteiger partial charge on any atom is -0.325 e. The second-order valence-electron chi connectivity index (χ2n) is 6.12. The summed E-state index contributed by atoms with van der Waals surface area (Å²) < 4.78 is 27.2. The first-order valence-electron chi connectivity index (χ1n) is 8.40. The van der Waals surface area contributed by atoms with E-state index in [1.807, 2.05) is 6.07 Å². The molecule has 1 fully saturated rings. The Morgan fingerprint density at radius 1 is 1.12 bits per heavy atom. The third-order valence-electron chi connectivity index (χ3n) is 4.37. The third kappa shape index (κ3) is 3.77. The predicted molar refractivity (Wildman–Crippen MR) is 97.8 cm³/mol. The maximum atomic E-state index is 13.0. The fraction of sp³-hybridized carbons (Fsp3) is 0.263. The van der Waals surface area contributed by atoms with E-state index in [-0.39, 0.29) is 10.8 Å². The van der Waals surface area contributed by atoms with E-state index in [1.54, 1.807) is 42.5 Å². The highest BCUT2D eigenvalue weighted by molar-refractivity contribution is 7.89. The number of benzene rings is 2. The molecule has 1 N–H and O–H groups in total. The molecule has 1 amide bonds. The molecule has 0 unspecified atom stereocenters. The van der Waals surface area contributed by atoms with Gasteiger partial charge in [-0.05, 0) is 43.2 Å². The summed E-state index contributed by atoms with van der Waals surface area (Å²) in [6.45, 7) is 0.313. The van der Waals surface area contributed by atoms with Crippen molar-refractivity contribution in [3.05, 3.63) is 60.2 Å². The van der Waals surface area contributed by atoms with E-state index in [4.69, 9.17) is 5.26 Å². The molecule has 3 rings (SSSR count). The van der Waals surface area contributed by atoms with Crippen LogP contribution in [0.1, 0.15) is 24.8 Å². The van der Waals surface area contributed by atoms with Crippen LogP contribution in [0.15, 0.2) is 59.5 Å². The van der Waals surface area contributed by atoms with Crippen LogP contribution in [0.25, 0.3) is 0 Å². The molecule has 0 aliphatic carbocycles. The van der Waals surface area contributed by atoms with Crippen molar-refractivity contribution in [3.63, 3.8) is 0 Å². The number of carbonyl (C=O) groups excluding carboxylic acids is 1. The lowest BCUT2D eigenvalue weighted by atomic mass is 10.0. The number of anilines is 1. The molecular weight excluding hydrogens is 350 g/mol. The molecule has 1 saturated heterocycles. The Morgan fingerprint density at radius 2 is 1.88 bits per heavy atom. The molecule has 0 saturated carbocycles. The molecule has 0 bridgehead atoms. The van der Waals surface area contributed by atoms with Gasteiger partial charge in [0.05, 0.1) is 16.5 Å². The van der Waals surface area contributed by atoms with Gasteiger partial charge < -0.3 is 5.32 Å². The van der Waals surface area contributed by atoms with E-state index in [0.29, 0.717) is 24.2 Å². The molecule has 26 heavy (non-hydrogen) atoms. The molecule has 134 valence electrons. The number of nitrogens with zero attached hydrogens (tertiary/aromatic N) is 2. The van der Waals surface area contributed by atoms with E-state index in [9.17, 15) is 13.2 Å². The number of piperidine rings is 1. The van der Waals surface area contributed by atoms with E-state index in [2.05, 4.69) is 5.32 Å². The topological polar surface area (TPSA) is 90.3 Å². The van der Waals surface area contributed by atoms with Crippen molar-refractivity contribution in [1.82, 2.24) is 4.31 Å². The quantitative estimate of drug-likeness (QED) is 0.897. The maximum Gasteiger partial charge on any atom is 0.243 e. The van der Waals surface area contributed by atoms with Gasteiger partial charge in [0.2, 0.25) is 15.9 Å². The van der Waals surface area contributed by atoms with Crippen LogP contribution in [-0.2, 0) is 14.8 Å². The number of nitrogens with one attached hydrogen (secondary N) is 1. The van der Waals surface area contributed by atoms with Gasteiger partial charge in [-0.3, -0.25) is 4.79 Å². The van der Waals surface area contributed by atoms with Gasteiger partial charge in [0, 0.05) is 12.2 Å². The monoisotopic (exact) mass is 369 g/mol. The van der Waals surface area contributed by atoms with Crippen molar-refractivity contribution in [3.8, 4) is 6.07 Å². The van der Waals surface area contributed by atoms with Crippen molar-refractivity contribution in [2.45, 2.75) is 30.2 Å². The van der Waals surface area contributed by atoms with E-state index < -0.39 is 16.1 Å². The Labute approximate surface area is 153 Å². The number of rotatable bonds is 4. The zero-order valence-electron chi connectivity index (χ0n) is 14.1. The zero-order chi connectivity index (χ0) is 18.6. The van der Waals surface area contributed by atoms with Crippen LogP contribution in [0, 0.1) is 11.3 Å². The summed E-state index contributed by atoms with van der Waals surface area (Å²) in [4.78, 5) is 12.9. The number of hydrogen-bond donors (Lipinski definition) is 1. The first kappa shape index (κ1) is 18.1. The minimum atomic E-state index is -3.74. The summed E-state index contributed by atoms with van der Waals surface area (Å²) >= 11 is 0. The van der Waals surface area contributed by atoms with Crippen molar-refractivity contribution >= 4 is 21.6 Å². The van der Waals surface area contributed by atoms with Gasteiger partial charge in [-0.2, -0.15) is 9.57 Å². The van der Waals surface area contributed by atoms with Crippen molar-refractivity contribution in [2.24, 2.45) is 0 Å². The SMILES string of the molecule is N#Cc1cccc(NC(=O)[C@H]2CCCCN2S(=O)(=O)c2ccccc2)c1. The number of amides is 1. The van der Waals surface area contributed by atoms with Crippen molar-refractivity contribution < 1.29 is 13.2 Å². The molecule has 6 nitrogen and oxygen atoms in total. The molecule has 0 spiro atoms. The normalized spacial score (nSPS) is 18.0. The highest BCUT2D eigenvalue weighted by Gasteiger charge is 2.37. The fourth-order valence-corrected chi connectivity index (χ4v) is 4.75. The van der Waals surface area contributed by atoms with Gasteiger partial charge >= 0.3 is 0 Å². The summed E-state index contributed by atoms with van der Waals surface area (Å²) in [5.74, 6) is -0.376. The van der Waals surface area contributed by atoms with Crippen molar-refractivity contribution in [1.29, 1.82) is 5.26 Å². The molecule has 1 heterocycles. The van der Waals surface area contributed by atoms with Crippen LogP contribution in [0.3, 0.4) is 0 Å². The minimum absolute atomic E-state index is 0.186. The molecule has 1 aliphatic rings. The summed E-state index contributed by atoms with van der Waals surface area (Å²) in [6.07, 6.45) is 1.98. The zero-order valence-corrected chi connectivity index (χ0v) is 14.9. The van der Waals surface area contributed by atoms with Crippen LogP contribution in [0.4, 0.5) is 5.69 Å². The largest absolute Gasteiger partial charge is 0.325 e. The smallest absolute Gasteiger partial charge is 0.243 e. The van der Waals surface area contributed by atoms with Crippen molar-refractivity contribution in [2.75, 3.05) is 11.9 Å². The third-order valence-corrected chi connectivity index (χ3v) is 6.29. The number of hydrogen-bond acceptors (Lipinski definition) is 4. The second-order valence-corrected chi connectivity index (χ2v) is 8.01. The second kappa shape index (κ2) is 7.68. The fourth-order valence-electron chi connectivity index (χ4n) is 3.07. The lowest BCUT2D eigenvalue weighted by Gasteiger charge is -2.33. The number of nitriles is 1. The van der Waals surface area contributed by atoms with Crippen LogP contribution in [-0.4, -0.2) is 31.2 Å².